The first-order valence-corrected chi connectivity index (χ1v) is 7.15. The molecule has 0 aromatic heterocycles. The second-order valence-electron chi connectivity index (χ2n) is 5.84. The highest BCUT2D eigenvalue weighted by Gasteiger charge is 2.20. The molecule has 0 spiro atoms. The fourth-order valence-electron chi connectivity index (χ4n) is 2.77. The summed E-state index contributed by atoms with van der Waals surface area (Å²) in [5.74, 6) is 0.140. The van der Waals surface area contributed by atoms with Gasteiger partial charge in [0.15, 0.2) is 0 Å². The number of rotatable bonds is 4. The largest absolute Gasteiger partial charge is 0.392 e. The number of likely N-dealkylation sites (tertiary alicyclic amines) is 1. The molecule has 1 aromatic rings. The van der Waals surface area contributed by atoms with E-state index in [0.29, 0.717) is 13.1 Å². The smallest absolute Gasteiger partial charge is 0.273 e. The summed E-state index contributed by atoms with van der Waals surface area (Å²) in [4.78, 5) is 13.0. The molecule has 5 heteroatoms. The number of hydrogen-bond donors (Lipinski definition) is 1. The predicted octanol–water partition coefficient (Wildman–Crippen LogP) is 2.67. The second kappa shape index (κ2) is 6.33. The van der Waals surface area contributed by atoms with Gasteiger partial charge in [-0.25, -0.2) is 0 Å². The average Bonchev–Trinajstić information content (AvgIpc) is 2.38. The first kappa shape index (κ1) is 14.9. The van der Waals surface area contributed by atoms with Crippen LogP contribution < -0.4 is 0 Å². The van der Waals surface area contributed by atoms with E-state index in [2.05, 4.69) is 4.90 Å². The minimum atomic E-state index is -0.302. The van der Waals surface area contributed by atoms with E-state index in [0.717, 1.165) is 30.5 Å². The molecule has 1 heterocycles. The van der Waals surface area contributed by atoms with Gasteiger partial charge in [-0.3, -0.25) is 15.0 Å². The summed E-state index contributed by atoms with van der Waals surface area (Å²) in [5, 5.41) is 20.8. The minimum absolute atomic E-state index is 0.140. The fourth-order valence-corrected chi connectivity index (χ4v) is 2.77. The Morgan fingerprint density at radius 1 is 1.50 bits per heavy atom. The van der Waals surface area contributed by atoms with E-state index in [-0.39, 0.29) is 22.6 Å². The molecule has 1 saturated heterocycles. The molecule has 1 aromatic carbocycles. The molecule has 1 unspecified atom stereocenters. The standard InChI is InChI=1S/C15H22N2O3/c1-11(2)14-6-5-12(8-15(14)17(19)20)9-16-7-3-4-13(18)10-16/h5-6,8,11,13,18H,3-4,7,9-10H2,1-2H3. The summed E-state index contributed by atoms with van der Waals surface area (Å²) >= 11 is 0. The molecule has 0 bridgehead atoms. The summed E-state index contributed by atoms with van der Waals surface area (Å²) in [7, 11) is 0. The molecule has 0 amide bonds. The van der Waals surface area contributed by atoms with Crippen LogP contribution in [0.15, 0.2) is 18.2 Å². The Morgan fingerprint density at radius 2 is 2.25 bits per heavy atom. The maximum atomic E-state index is 11.2. The molecule has 2 rings (SSSR count). The van der Waals surface area contributed by atoms with Crippen LogP contribution in [-0.4, -0.2) is 34.1 Å². The van der Waals surface area contributed by atoms with Crippen molar-refractivity contribution in [2.45, 2.75) is 45.3 Å². The van der Waals surface area contributed by atoms with E-state index < -0.39 is 0 Å². The van der Waals surface area contributed by atoms with Crippen molar-refractivity contribution in [2.75, 3.05) is 13.1 Å². The number of hydrogen-bond acceptors (Lipinski definition) is 4. The molecule has 0 aliphatic carbocycles. The van der Waals surface area contributed by atoms with Crippen molar-refractivity contribution in [1.29, 1.82) is 0 Å². The average molecular weight is 278 g/mol. The van der Waals surface area contributed by atoms with E-state index in [1.54, 1.807) is 6.07 Å². The van der Waals surface area contributed by atoms with Crippen molar-refractivity contribution in [3.05, 3.63) is 39.4 Å². The van der Waals surface area contributed by atoms with E-state index in [4.69, 9.17) is 0 Å². The van der Waals surface area contributed by atoms with Crippen molar-refractivity contribution in [3.63, 3.8) is 0 Å². The van der Waals surface area contributed by atoms with Gasteiger partial charge in [-0.2, -0.15) is 0 Å². The number of nitro benzene ring substituents is 1. The highest BCUT2D eigenvalue weighted by Crippen LogP contribution is 2.28. The van der Waals surface area contributed by atoms with Gasteiger partial charge in [0, 0.05) is 24.7 Å². The molecule has 1 N–H and O–H groups in total. The van der Waals surface area contributed by atoms with Gasteiger partial charge in [-0.15, -0.1) is 0 Å². The van der Waals surface area contributed by atoms with Crippen LogP contribution in [0.1, 0.15) is 43.7 Å². The molecule has 0 saturated carbocycles. The van der Waals surface area contributed by atoms with Gasteiger partial charge in [0.05, 0.1) is 11.0 Å². The fraction of sp³-hybridized carbons (Fsp3) is 0.600. The Balaban J connectivity index is 2.16. The maximum Gasteiger partial charge on any atom is 0.273 e. The molecular formula is C15H22N2O3. The van der Waals surface area contributed by atoms with Crippen LogP contribution in [0.4, 0.5) is 5.69 Å². The number of aliphatic hydroxyl groups excluding tert-OH is 1. The van der Waals surface area contributed by atoms with E-state index >= 15 is 0 Å². The third kappa shape index (κ3) is 3.55. The van der Waals surface area contributed by atoms with E-state index in [9.17, 15) is 15.2 Å². The molecule has 110 valence electrons. The number of aliphatic hydroxyl groups is 1. The summed E-state index contributed by atoms with van der Waals surface area (Å²) in [5.41, 5.74) is 1.92. The van der Waals surface area contributed by atoms with Gasteiger partial charge in [0.2, 0.25) is 0 Å². The SMILES string of the molecule is CC(C)c1ccc(CN2CCCC(O)C2)cc1[N+](=O)[O-]. The third-order valence-electron chi connectivity index (χ3n) is 3.80. The predicted molar refractivity (Wildman–Crippen MR) is 77.7 cm³/mol. The highest BCUT2D eigenvalue weighted by molar-refractivity contribution is 5.45. The summed E-state index contributed by atoms with van der Waals surface area (Å²) in [6.45, 7) is 6.18. The molecule has 1 aliphatic heterocycles. The van der Waals surface area contributed by atoms with Crippen LogP contribution in [0, 0.1) is 10.1 Å². The quantitative estimate of drug-likeness (QED) is 0.679. The van der Waals surface area contributed by atoms with Gasteiger partial charge in [-0.1, -0.05) is 26.0 Å². The van der Waals surface area contributed by atoms with E-state index in [1.165, 1.54) is 0 Å². The van der Waals surface area contributed by atoms with Crippen molar-refractivity contribution in [3.8, 4) is 0 Å². The summed E-state index contributed by atoms with van der Waals surface area (Å²) in [6.07, 6.45) is 1.56. The Hall–Kier alpha value is -1.46. The zero-order chi connectivity index (χ0) is 14.7. The van der Waals surface area contributed by atoms with Crippen molar-refractivity contribution >= 4 is 5.69 Å². The number of nitro groups is 1. The summed E-state index contributed by atoms with van der Waals surface area (Å²) < 4.78 is 0. The molecule has 5 nitrogen and oxygen atoms in total. The molecule has 0 radical (unpaired) electrons. The van der Waals surface area contributed by atoms with Crippen LogP contribution in [0.3, 0.4) is 0 Å². The number of benzene rings is 1. The van der Waals surface area contributed by atoms with Crippen LogP contribution >= 0.6 is 0 Å². The number of piperidine rings is 1. The second-order valence-corrected chi connectivity index (χ2v) is 5.84. The lowest BCUT2D eigenvalue weighted by atomic mass is 9.99. The molecular weight excluding hydrogens is 256 g/mol. The topological polar surface area (TPSA) is 66.6 Å². The van der Waals surface area contributed by atoms with Crippen LogP contribution in [0.2, 0.25) is 0 Å². The zero-order valence-electron chi connectivity index (χ0n) is 12.1. The monoisotopic (exact) mass is 278 g/mol. The third-order valence-corrected chi connectivity index (χ3v) is 3.80. The first-order chi connectivity index (χ1) is 9.47. The lowest BCUT2D eigenvalue weighted by molar-refractivity contribution is -0.385. The van der Waals surface area contributed by atoms with Gasteiger partial charge in [0.1, 0.15) is 0 Å². The van der Waals surface area contributed by atoms with Crippen molar-refractivity contribution in [1.82, 2.24) is 4.90 Å². The Morgan fingerprint density at radius 3 is 2.85 bits per heavy atom. The number of nitrogens with zero attached hydrogens (tertiary/aromatic N) is 2. The Bertz CT molecular complexity index is 488. The lowest BCUT2D eigenvalue weighted by Crippen LogP contribution is -2.37. The Kier molecular flexibility index (Phi) is 4.73. The van der Waals surface area contributed by atoms with Gasteiger partial charge < -0.3 is 5.11 Å². The first-order valence-electron chi connectivity index (χ1n) is 7.15. The van der Waals surface area contributed by atoms with E-state index in [1.807, 2.05) is 26.0 Å². The van der Waals surface area contributed by atoms with Crippen LogP contribution in [0.25, 0.3) is 0 Å². The normalized spacial score (nSPS) is 20.3. The van der Waals surface area contributed by atoms with Gasteiger partial charge in [-0.05, 0) is 30.9 Å². The zero-order valence-corrected chi connectivity index (χ0v) is 12.1. The van der Waals surface area contributed by atoms with Crippen molar-refractivity contribution in [2.24, 2.45) is 0 Å². The number of β-amino-alcohol motifs (C(OH)–C–C–N with tert-alkyl or cyclic N) is 1. The summed E-state index contributed by atoms with van der Waals surface area (Å²) in [6, 6.07) is 5.50. The molecule has 20 heavy (non-hydrogen) atoms. The van der Waals surface area contributed by atoms with Gasteiger partial charge in [0.25, 0.3) is 5.69 Å². The maximum absolute atomic E-state index is 11.2. The Labute approximate surface area is 119 Å². The van der Waals surface area contributed by atoms with Crippen molar-refractivity contribution < 1.29 is 10.0 Å². The highest BCUT2D eigenvalue weighted by atomic mass is 16.6. The molecule has 1 atom stereocenters. The minimum Gasteiger partial charge on any atom is -0.392 e. The molecule has 1 fully saturated rings. The lowest BCUT2D eigenvalue weighted by Gasteiger charge is -2.30. The van der Waals surface area contributed by atoms with Crippen LogP contribution in [-0.2, 0) is 6.54 Å². The van der Waals surface area contributed by atoms with Gasteiger partial charge >= 0.3 is 0 Å². The van der Waals surface area contributed by atoms with Crippen LogP contribution in [0.5, 0.6) is 0 Å². The molecule has 1 aliphatic rings.